The molecule has 0 aliphatic carbocycles. The molecule has 0 bridgehead atoms. The molecule has 0 atom stereocenters. The average Bonchev–Trinajstić information content (AvgIpc) is 2.83. The van der Waals surface area contributed by atoms with Crippen LogP contribution in [0.3, 0.4) is 0 Å². The van der Waals surface area contributed by atoms with Gasteiger partial charge in [-0.25, -0.2) is 0 Å². The maximum Gasteiger partial charge on any atom is 0.285 e. The number of hydrogen-bond acceptors (Lipinski definition) is 6. The summed E-state index contributed by atoms with van der Waals surface area (Å²) >= 11 is 3.27. The van der Waals surface area contributed by atoms with Crippen LogP contribution in [-0.4, -0.2) is 31.1 Å². The van der Waals surface area contributed by atoms with Crippen LogP contribution in [0.15, 0.2) is 92.3 Å². The number of amides is 2. The number of guanidine groups is 1. The minimum atomic E-state index is -4.14. The highest BCUT2D eigenvalue weighted by molar-refractivity contribution is 9.10. The fourth-order valence-corrected chi connectivity index (χ4v) is 4.28. The number of carbonyl (C=O) groups is 2. The summed E-state index contributed by atoms with van der Waals surface area (Å²) in [6, 6.07) is 17.0. The van der Waals surface area contributed by atoms with Crippen molar-refractivity contribution in [2.24, 2.45) is 15.9 Å². The summed E-state index contributed by atoms with van der Waals surface area (Å²) < 4.78 is 28.0. The van der Waals surface area contributed by atoms with Crippen molar-refractivity contribution in [1.82, 2.24) is 5.32 Å². The highest BCUT2D eigenvalue weighted by Gasteiger charge is 2.19. The molecule has 0 saturated carbocycles. The van der Waals surface area contributed by atoms with E-state index >= 15 is 0 Å². The van der Waals surface area contributed by atoms with Crippen molar-refractivity contribution in [3.05, 3.63) is 104 Å². The molecule has 37 heavy (non-hydrogen) atoms. The molecule has 0 radical (unpaired) electrons. The number of nitrogens with two attached hydrogens (primary N) is 2. The van der Waals surface area contributed by atoms with E-state index in [9.17, 15) is 28.1 Å². The van der Waals surface area contributed by atoms with Gasteiger partial charge in [0.2, 0.25) is 5.96 Å². The van der Waals surface area contributed by atoms with E-state index in [2.05, 4.69) is 31.0 Å². The second kappa shape index (κ2) is 11.5. The Kier molecular flexibility index (Phi) is 8.37. The molecule has 12 nitrogen and oxygen atoms in total. The molecule has 3 rings (SSSR count). The molecule has 2 amide bonds. The summed E-state index contributed by atoms with van der Waals surface area (Å²) in [4.78, 5) is 36.5. The Balaban J connectivity index is 1.95. The average molecular weight is 587 g/mol. The third kappa shape index (κ3) is 7.22. The molecule has 0 aliphatic heterocycles. The van der Waals surface area contributed by atoms with E-state index in [1.807, 2.05) is 0 Å². The minimum absolute atomic E-state index is 0.0749. The van der Waals surface area contributed by atoms with Gasteiger partial charge in [0.15, 0.2) is 0 Å². The summed E-state index contributed by atoms with van der Waals surface area (Å²) in [5, 5.41) is 16.4. The topological polar surface area (TPSA) is 200 Å². The normalized spacial score (nSPS) is 11.3. The lowest BCUT2D eigenvalue weighted by Crippen LogP contribution is -2.30. The molecule has 190 valence electrons. The van der Waals surface area contributed by atoms with Gasteiger partial charge in [-0.05, 0) is 54.6 Å². The Hall–Kier alpha value is -4.56. The third-order valence-electron chi connectivity index (χ3n) is 4.65. The van der Waals surface area contributed by atoms with Gasteiger partial charge in [0.05, 0.1) is 15.4 Å². The molecule has 3 aromatic carbocycles. The number of benzene rings is 3. The third-order valence-corrected chi connectivity index (χ3v) is 6.46. The van der Waals surface area contributed by atoms with Crippen LogP contribution in [0.4, 0.5) is 11.4 Å². The fourth-order valence-electron chi connectivity index (χ4n) is 3.01. The fraction of sp³-hybridized carbons (Fsp3) is 0. The number of nitrogens with zero attached hydrogens (tertiary/aromatic N) is 2. The number of rotatable bonds is 8. The van der Waals surface area contributed by atoms with Crippen LogP contribution in [0.1, 0.15) is 15.9 Å². The number of hydrogen-bond donors (Lipinski definition) is 4. The van der Waals surface area contributed by atoms with Crippen LogP contribution in [0, 0.1) is 10.1 Å². The standard InChI is InChI=1S/C23H19BrN6O6S/c24-16-6-3-5-15(12-16)21(31)28-19(13-14-4-1-2-7-20(14)30(33)34)22(32)27-17-8-10-18(11-9-17)37(35,36)29-23(25)26/h1-13H,(H,27,32)(H,28,31)(H4,25,26,29)/b19-13-. The van der Waals surface area contributed by atoms with Crippen molar-refractivity contribution in [3.63, 3.8) is 0 Å². The highest BCUT2D eigenvalue weighted by Crippen LogP contribution is 2.22. The molecule has 0 unspecified atom stereocenters. The lowest BCUT2D eigenvalue weighted by atomic mass is 10.1. The van der Waals surface area contributed by atoms with E-state index in [1.165, 1.54) is 60.7 Å². The Labute approximate surface area is 219 Å². The van der Waals surface area contributed by atoms with Gasteiger partial charge in [0.1, 0.15) is 5.70 Å². The first-order valence-electron chi connectivity index (χ1n) is 10.3. The lowest BCUT2D eigenvalue weighted by molar-refractivity contribution is -0.385. The smallest absolute Gasteiger partial charge is 0.285 e. The van der Waals surface area contributed by atoms with Gasteiger partial charge in [-0.1, -0.05) is 34.1 Å². The number of nitro groups is 1. The first-order chi connectivity index (χ1) is 17.5. The van der Waals surface area contributed by atoms with Gasteiger partial charge in [-0.3, -0.25) is 19.7 Å². The quantitative estimate of drug-likeness (QED) is 0.101. The molecule has 0 saturated heterocycles. The summed E-state index contributed by atoms with van der Waals surface area (Å²) in [5.74, 6) is -2.09. The number of sulfonamides is 1. The van der Waals surface area contributed by atoms with E-state index in [-0.39, 0.29) is 33.1 Å². The zero-order valence-corrected chi connectivity index (χ0v) is 21.2. The molecule has 0 heterocycles. The van der Waals surface area contributed by atoms with Crippen molar-refractivity contribution in [2.45, 2.75) is 4.90 Å². The summed E-state index contributed by atoms with van der Waals surface area (Å²) in [6.07, 6.45) is 1.17. The molecule has 0 aromatic heterocycles. The van der Waals surface area contributed by atoms with E-state index in [4.69, 9.17) is 11.5 Å². The Bertz CT molecular complexity index is 1530. The van der Waals surface area contributed by atoms with Gasteiger partial charge in [0, 0.05) is 21.8 Å². The van der Waals surface area contributed by atoms with E-state index in [1.54, 1.807) is 18.2 Å². The predicted octanol–water partition coefficient (Wildman–Crippen LogP) is 2.73. The monoisotopic (exact) mass is 586 g/mol. The molecule has 14 heteroatoms. The van der Waals surface area contributed by atoms with E-state index < -0.39 is 32.7 Å². The molecule has 0 aliphatic rings. The second-order valence-electron chi connectivity index (χ2n) is 7.31. The molecule has 0 fully saturated rings. The number of para-hydroxylation sites is 1. The molecule has 0 spiro atoms. The summed E-state index contributed by atoms with van der Waals surface area (Å²) in [5.41, 5.74) is 10.2. The van der Waals surface area contributed by atoms with Crippen LogP contribution in [0.5, 0.6) is 0 Å². The zero-order valence-electron chi connectivity index (χ0n) is 18.8. The second-order valence-corrected chi connectivity index (χ2v) is 9.83. The minimum Gasteiger partial charge on any atom is -0.369 e. The summed E-state index contributed by atoms with van der Waals surface area (Å²) in [7, 11) is -4.14. The van der Waals surface area contributed by atoms with Crippen molar-refractivity contribution in [1.29, 1.82) is 0 Å². The predicted molar refractivity (Wildman–Crippen MR) is 141 cm³/mol. The molecular weight excluding hydrogens is 568 g/mol. The van der Waals surface area contributed by atoms with Crippen molar-refractivity contribution in [2.75, 3.05) is 5.32 Å². The van der Waals surface area contributed by atoms with Crippen LogP contribution < -0.4 is 22.1 Å². The van der Waals surface area contributed by atoms with Crippen molar-refractivity contribution in [3.8, 4) is 0 Å². The zero-order chi connectivity index (χ0) is 27.2. The van der Waals surface area contributed by atoms with Gasteiger partial charge < -0.3 is 22.1 Å². The lowest BCUT2D eigenvalue weighted by Gasteiger charge is -2.12. The first-order valence-corrected chi connectivity index (χ1v) is 12.5. The van der Waals surface area contributed by atoms with Crippen LogP contribution in [0.2, 0.25) is 0 Å². The molecule has 3 aromatic rings. The largest absolute Gasteiger partial charge is 0.369 e. The number of carbonyl (C=O) groups excluding carboxylic acids is 2. The number of halogens is 1. The van der Waals surface area contributed by atoms with Gasteiger partial charge in [-0.2, -0.15) is 8.42 Å². The number of nitrogens with one attached hydrogen (secondary N) is 2. The first kappa shape index (κ1) is 27.0. The Morgan fingerprint density at radius 1 is 1.00 bits per heavy atom. The highest BCUT2D eigenvalue weighted by atomic mass is 79.9. The maximum atomic E-state index is 13.1. The van der Waals surface area contributed by atoms with Crippen LogP contribution in [-0.2, 0) is 14.8 Å². The van der Waals surface area contributed by atoms with Crippen LogP contribution in [0.25, 0.3) is 6.08 Å². The SMILES string of the molecule is NC(N)=NS(=O)(=O)c1ccc(NC(=O)/C(=C/c2ccccc2[N+](=O)[O-])NC(=O)c2cccc(Br)c2)cc1. The van der Waals surface area contributed by atoms with E-state index in [0.717, 1.165) is 0 Å². The number of nitro benzene ring substituents is 1. The van der Waals surface area contributed by atoms with Gasteiger partial charge in [0.25, 0.3) is 27.5 Å². The van der Waals surface area contributed by atoms with E-state index in [0.29, 0.717) is 4.47 Å². The van der Waals surface area contributed by atoms with Crippen molar-refractivity contribution < 1.29 is 22.9 Å². The van der Waals surface area contributed by atoms with Gasteiger partial charge >= 0.3 is 0 Å². The van der Waals surface area contributed by atoms with Crippen LogP contribution >= 0.6 is 15.9 Å². The number of anilines is 1. The van der Waals surface area contributed by atoms with Crippen molar-refractivity contribution >= 4 is 61.2 Å². The maximum absolute atomic E-state index is 13.1. The Morgan fingerprint density at radius 2 is 1.68 bits per heavy atom. The van der Waals surface area contributed by atoms with Gasteiger partial charge in [-0.15, -0.1) is 4.40 Å². The summed E-state index contributed by atoms with van der Waals surface area (Å²) in [6.45, 7) is 0. The molecular formula is C23H19BrN6O6S. The molecule has 6 N–H and O–H groups in total. The Morgan fingerprint density at radius 3 is 2.30 bits per heavy atom.